The maximum Gasteiger partial charge on any atom is 0.242 e. The maximum absolute atomic E-state index is 13.8. The first-order valence-corrected chi connectivity index (χ1v) is 7.60. The van der Waals surface area contributed by atoms with Gasteiger partial charge in [-0.2, -0.15) is 0 Å². The summed E-state index contributed by atoms with van der Waals surface area (Å²) in [5.41, 5.74) is -0.0270. The van der Waals surface area contributed by atoms with Gasteiger partial charge in [0.1, 0.15) is 5.82 Å². The van der Waals surface area contributed by atoms with Crippen molar-refractivity contribution in [1.29, 1.82) is 0 Å². The van der Waals surface area contributed by atoms with Crippen LogP contribution in [0.5, 0.6) is 0 Å². The van der Waals surface area contributed by atoms with E-state index in [1.165, 1.54) is 6.07 Å². The van der Waals surface area contributed by atoms with E-state index >= 15 is 0 Å². The van der Waals surface area contributed by atoms with Crippen molar-refractivity contribution in [3.05, 3.63) is 35.6 Å². The van der Waals surface area contributed by atoms with Crippen LogP contribution in [0.2, 0.25) is 0 Å². The van der Waals surface area contributed by atoms with Crippen LogP contribution >= 0.6 is 0 Å². The van der Waals surface area contributed by atoms with Gasteiger partial charge in [0, 0.05) is 23.6 Å². The van der Waals surface area contributed by atoms with Crippen LogP contribution in [0, 0.1) is 11.2 Å². The molecule has 5 heteroatoms. The Kier molecular flexibility index (Phi) is 4.84. The van der Waals surface area contributed by atoms with E-state index in [1.54, 1.807) is 43.9 Å². The predicted molar refractivity (Wildman–Crippen MR) is 82.4 cm³/mol. The van der Waals surface area contributed by atoms with E-state index in [0.29, 0.717) is 5.56 Å². The van der Waals surface area contributed by atoms with Crippen LogP contribution in [0.15, 0.2) is 24.3 Å². The summed E-state index contributed by atoms with van der Waals surface area (Å²) in [7, 11) is 0. The molecule has 1 aliphatic rings. The highest BCUT2D eigenvalue weighted by molar-refractivity contribution is 5.87. The number of nitrogens with zero attached hydrogens (tertiary/aromatic N) is 1. The molecule has 0 atom stereocenters. The molecule has 0 heterocycles. The highest BCUT2D eigenvalue weighted by atomic mass is 19.1. The van der Waals surface area contributed by atoms with Gasteiger partial charge in [0.25, 0.3) is 0 Å². The normalized spacial score (nSPS) is 14.5. The van der Waals surface area contributed by atoms with Crippen LogP contribution < -0.4 is 5.32 Å². The molecule has 0 bridgehead atoms. The van der Waals surface area contributed by atoms with Gasteiger partial charge in [-0.25, -0.2) is 4.39 Å². The van der Waals surface area contributed by atoms with Crippen molar-refractivity contribution in [2.75, 3.05) is 6.54 Å². The van der Waals surface area contributed by atoms with Crippen LogP contribution in [-0.4, -0.2) is 29.3 Å². The zero-order valence-electron chi connectivity index (χ0n) is 13.4. The molecule has 0 radical (unpaired) electrons. The third kappa shape index (κ3) is 4.29. The van der Waals surface area contributed by atoms with Gasteiger partial charge in [0.05, 0.1) is 6.54 Å². The van der Waals surface area contributed by atoms with E-state index in [2.05, 4.69) is 5.32 Å². The van der Waals surface area contributed by atoms with Crippen LogP contribution in [0.4, 0.5) is 4.39 Å². The molecule has 1 aliphatic carbocycles. The summed E-state index contributed by atoms with van der Waals surface area (Å²) in [6.07, 6.45) is 1.88. The summed E-state index contributed by atoms with van der Waals surface area (Å²) < 4.78 is 13.8. The van der Waals surface area contributed by atoms with Gasteiger partial charge in [0.15, 0.2) is 0 Å². The van der Waals surface area contributed by atoms with E-state index < -0.39 is 5.41 Å². The van der Waals surface area contributed by atoms with Crippen LogP contribution in [-0.2, 0) is 16.1 Å². The molecule has 1 aromatic carbocycles. The molecule has 0 saturated heterocycles. The molecule has 1 aromatic rings. The molecule has 1 fully saturated rings. The second-order valence-electron chi connectivity index (χ2n) is 6.78. The third-order valence-corrected chi connectivity index (χ3v) is 3.69. The number of nitrogens with one attached hydrogen (secondary N) is 1. The van der Waals surface area contributed by atoms with Gasteiger partial charge in [-0.05, 0) is 18.9 Å². The Labute approximate surface area is 130 Å². The average molecular weight is 306 g/mol. The molecule has 22 heavy (non-hydrogen) atoms. The second kappa shape index (κ2) is 6.46. The summed E-state index contributed by atoms with van der Waals surface area (Å²) in [4.78, 5) is 25.9. The lowest BCUT2D eigenvalue weighted by Gasteiger charge is -2.24. The van der Waals surface area contributed by atoms with Crippen LogP contribution in [0.25, 0.3) is 0 Å². The Morgan fingerprint density at radius 3 is 2.45 bits per heavy atom. The van der Waals surface area contributed by atoms with Gasteiger partial charge in [-0.3, -0.25) is 9.59 Å². The number of hydrogen-bond acceptors (Lipinski definition) is 2. The smallest absolute Gasteiger partial charge is 0.242 e. The first-order valence-electron chi connectivity index (χ1n) is 7.60. The molecule has 4 nitrogen and oxygen atoms in total. The first kappa shape index (κ1) is 16.5. The third-order valence-electron chi connectivity index (χ3n) is 3.69. The van der Waals surface area contributed by atoms with E-state index in [9.17, 15) is 14.0 Å². The lowest BCUT2D eigenvalue weighted by atomic mass is 9.96. The number of carbonyl (C=O) groups is 2. The van der Waals surface area contributed by atoms with Crippen molar-refractivity contribution in [3.63, 3.8) is 0 Å². The molecular weight excluding hydrogens is 283 g/mol. The maximum atomic E-state index is 13.8. The molecule has 0 aromatic heterocycles. The SMILES string of the molecule is CC(C)(C)C(=O)NCC(=O)N(Cc1ccccc1F)C1CC1. The summed E-state index contributed by atoms with van der Waals surface area (Å²) >= 11 is 0. The number of hydrogen-bond donors (Lipinski definition) is 1. The topological polar surface area (TPSA) is 49.4 Å². The molecule has 1 N–H and O–H groups in total. The molecule has 2 rings (SSSR count). The van der Waals surface area contributed by atoms with Gasteiger partial charge >= 0.3 is 0 Å². The molecular formula is C17H23FN2O2. The Morgan fingerprint density at radius 1 is 1.27 bits per heavy atom. The number of halogens is 1. The molecule has 0 spiro atoms. The van der Waals surface area contributed by atoms with E-state index in [-0.39, 0.29) is 36.8 Å². The minimum absolute atomic E-state index is 0.0406. The van der Waals surface area contributed by atoms with E-state index in [4.69, 9.17) is 0 Å². The van der Waals surface area contributed by atoms with Crippen LogP contribution in [0.1, 0.15) is 39.2 Å². The number of rotatable bonds is 5. The second-order valence-corrected chi connectivity index (χ2v) is 6.78. The number of amides is 2. The summed E-state index contributed by atoms with van der Waals surface area (Å²) in [5, 5.41) is 2.66. The lowest BCUT2D eigenvalue weighted by Crippen LogP contribution is -2.44. The van der Waals surface area contributed by atoms with Crippen molar-refractivity contribution < 1.29 is 14.0 Å². The molecule has 2 amide bonds. The van der Waals surface area contributed by atoms with E-state index in [1.807, 2.05) is 0 Å². The molecule has 0 aliphatic heterocycles. The van der Waals surface area contributed by atoms with Crippen LogP contribution in [0.3, 0.4) is 0 Å². The minimum Gasteiger partial charge on any atom is -0.347 e. The molecule has 0 unspecified atom stereocenters. The van der Waals surface area contributed by atoms with Gasteiger partial charge in [-0.15, -0.1) is 0 Å². The highest BCUT2D eigenvalue weighted by Crippen LogP contribution is 2.28. The zero-order chi connectivity index (χ0) is 16.3. The standard InChI is InChI=1S/C17H23FN2O2/c1-17(2,3)16(22)19-10-15(21)20(13-8-9-13)11-12-6-4-5-7-14(12)18/h4-7,13H,8-11H2,1-3H3,(H,19,22). The van der Waals surface area contributed by atoms with Gasteiger partial charge in [0.2, 0.25) is 11.8 Å². The Bertz CT molecular complexity index is 562. The Hall–Kier alpha value is -1.91. The Balaban J connectivity index is 1.98. The lowest BCUT2D eigenvalue weighted by molar-refractivity contribution is -0.136. The summed E-state index contributed by atoms with van der Waals surface area (Å²) in [6, 6.07) is 6.64. The van der Waals surface area contributed by atoms with Gasteiger partial charge < -0.3 is 10.2 Å². The van der Waals surface area contributed by atoms with Crippen molar-refractivity contribution in [2.45, 2.75) is 46.2 Å². The monoisotopic (exact) mass is 306 g/mol. The largest absolute Gasteiger partial charge is 0.347 e. The average Bonchev–Trinajstić information content (AvgIpc) is 3.27. The fourth-order valence-corrected chi connectivity index (χ4v) is 2.14. The van der Waals surface area contributed by atoms with Crippen molar-refractivity contribution in [2.24, 2.45) is 5.41 Å². The Morgan fingerprint density at radius 2 is 1.91 bits per heavy atom. The van der Waals surface area contributed by atoms with E-state index in [0.717, 1.165) is 12.8 Å². The predicted octanol–water partition coefficient (Wildman–Crippen LogP) is 2.48. The molecule has 120 valence electrons. The zero-order valence-corrected chi connectivity index (χ0v) is 13.4. The van der Waals surface area contributed by atoms with Crippen molar-refractivity contribution in [1.82, 2.24) is 10.2 Å². The number of carbonyl (C=O) groups excluding carboxylic acids is 2. The highest BCUT2D eigenvalue weighted by Gasteiger charge is 2.33. The summed E-state index contributed by atoms with van der Waals surface area (Å²) in [5.74, 6) is -0.634. The fraction of sp³-hybridized carbons (Fsp3) is 0.529. The summed E-state index contributed by atoms with van der Waals surface area (Å²) in [6.45, 7) is 5.60. The fourth-order valence-electron chi connectivity index (χ4n) is 2.14. The first-order chi connectivity index (χ1) is 10.3. The van der Waals surface area contributed by atoms with Crippen molar-refractivity contribution in [3.8, 4) is 0 Å². The minimum atomic E-state index is -0.532. The van der Waals surface area contributed by atoms with Gasteiger partial charge in [-0.1, -0.05) is 39.0 Å². The molecule has 1 saturated carbocycles. The quantitative estimate of drug-likeness (QED) is 0.908. The van der Waals surface area contributed by atoms with Crippen molar-refractivity contribution >= 4 is 11.8 Å². The number of benzene rings is 1.